The molecule has 0 spiro atoms. The van der Waals surface area contributed by atoms with Crippen molar-refractivity contribution in [2.75, 3.05) is 0 Å². The smallest absolute Gasteiger partial charge is 0.185 e. The molecular formula is C8H4F2N2O. The van der Waals surface area contributed by atoms with Crippen molar-refractivity contribution in [3.63, 3.8) is 0 Å². The van der Waals surface area contributed by atoms with Gasteiger partial charge in [0.05, 0.1) is 5.52 Å². The normalized spacial score (nSPS) is 10.6. The second-order valence-electron chi connectivity index (χ2n) is 2.52. The lowest BCUT2D eigenvalue weighted by molar-refractivity contribution is 0.111. The molecule has 0 aliphatic heterocycles. The van der Waals surface area contributed by atoms with E-state index in [0.717, 1.165) is 12.1 Å². The van der Waals surface area contributed by atoms with Gasteiger partial charge in [-0.3, -0.25) is 4.79 Å². The van der Waals surface area contributed by atoms with Crippen LogP contribution in [-0.2, 0) is 0 Å². The molecule has 1 heterocycles. The third-order valence-corrected chi connectivity index (χ3v) is 1.63. The van der Waals surface area contributed by atoms with E-state index in [0.29, 0.717) is 6.29 Å². The summed E-state index contributed by atoms with van der Waals surface area (Å²) in [5.74, 6) is -1.50. The molecule has 0 bridgehead atoms. The first-order valence-corrected chi connectivity index (χ1v) is 3.50. The Labute approximate surface area is 71.4 Å². The topological polar surface area (TPSA) is 45.8 Å². The van der Waals surface area contributed by atoms with Crippen molar-refractivity contribution >= 4 is 17.3 Å². The fourth-order valence-electron chi connectivity index (χ4n) is 1.12. The zero-order chi connectivity index (χ0) is 9.42. The summed E-state index contributed by atoms with van der Waals surface area (Å²) in [4.78, 5) is 16.3. The molecule has 0 atom stereocenters. The molecule has 66 valence electrons. The lowest BCUT2D eigenvalue weighted by Gasteiger charge is -1.90. The van der Waals surface area contributed by atoms with E-state index in [-0.39, 0.29) is 16.9 Å². The molecule has 0 saturated heterocycles. The number of hydrogen-bond donors (Lipinski definition) is 1. The monoisotopic (exact) mass is 182 g/mol. The molecule has 0 radical (unpaired) electrons. The predicted molar refractivity (Wildman–Crippen MR) is 41.4 cm³/mol. The zero-order valence-electron chi connectivity index (χ0n) is 6.34. The highest BCUT2D eigenvalue weighted by atomic mass is 19.1. The van der Waals surface area contributed by atoms with Gasteiger partial charge in [0.1, 0.15) is 11.3 Å². The van der Waals surface area contributed by atoms with Gasteiger partial charge in [-0.15, -0.1) is 0 Å². The minimum atomic E-state index is -0.778. The number of aromatic amines is 1. The fourth-order valence-corrected chi connectivity index (χ4v) is 1.12. The van der Waals surface area contributed by atoms with Gasteiger partial charge in [-0.25, -0.2) is 13.8 Å². The average molecular weight is 182 g/mol. The highest BCUT2D eigenvalue weighted by Gasteiger charge is 2.08. The molecule has 0 aliphatic rings. The largest absolute Gasteiger partial charge is 0.336 e. The standard InChI is InChI=1S/C8H4F2N2O/c9-4-1-5(10)8-6(2-4)11-7(3-13)12-8/h1-3H,(H,11,12). The number of imidazole rings is 1. The number of nitrogens with zero attached hydrogens (tertiary/aromatic N) is 1. The first-order chi connectivity index (χ1) is 6.20. The Morgan fingerprint density at radius 2 is 2.15 bits per heavy atom. The zero-order valence-corrected chi connectivity index (χ0v) is 6.34. The summed E-state index contributed by atoms with van der Waals surface area (Å²) < 4.78 is 25.6. The molecule has 1 aromatic carbocycles. The molecular weight excluding hydrogens is 178 g/mol. The minimum absolute atomic E-state index is 0.0144. The molecule has 0 unspecified atom stereocenters. The molecule has 1 aromatic heterocycles. The Morgan fingerprint density at radius 3 is 2.85 bits per heavy atom. The number of carbonyl (C=O) groups excluding carboxylic acids is 1. The summed E-state index contributed by atoms with van der Waals surface area (Å²) in [7, 11) is 0. The number of H-pyrrole nitrogens is 1. The van der Waals surface area contributed by atoms with Crippen molar-refractivity contribution in [3.8, 4) is 0 Å². The van der Waals surface area contributed by atoms with Crippen LogP contribution >= 0.6 is 0 Å². The third-order valence-electron chi connectivity index (χ3n) is 1.63. The van der Waals surface area contributed by atoms with Gasteiger partial charge in [-0.2, -0.15) is 0 Å². The van der Waals surface area contributed by atoms with Crippen LogP contribution in [0.25, 0.3) is 11.0 Å². The number of aromatic nitrogens is 2. The van der Waals surface area contributed by atoms with Crippen LogP contribution in [0.5, 0.6) is 0 Å². The van der Waals surface area contributed by atoms with E-state index in [1.54, 1.807) is 0 Å². The second-order valence-corrected chi connectivity index (χ2v) is 2.52. The van der Waals surface area contributed by atoms with Gasteiger partial charge < -0.3 is 4.98 Å². The van der Waals surface area contributed by atoms with Crippen LogP contribution in [0.1, 0.15) is 10.6 Å². The number of hydrogen-bond acceptors (Lipinski definition) is 2. The van der Waals surface area contributed by atoms with Crippen molar-refractivity contribution in [2.24, 2.45) is 0 Å². The van der Waals surface area contributed by atoms with E-state index in [9.17, 15) is 13.6 Å². The van der Waals surface area contributed by atoms with Gasteiger partial charge in [0.25, 0.3) is 0 Å². The fraction of sp³-hybridized carbons (Fsp3) is 0. The van der Waals surface area contributed by atoms with Crippen LogP contribution in [-0.4, -0.2) is 16.3 Å². The van der Waals surface area contributed by atoms with Gasteiger partial charge in [-0.05, 0) is 6.07 Å². The van der Waals surface area contributed by atoms with Gasteiger partial charge in [0.15, 0.2) is 17.9 Å². The van der Waals surface area contributed by atoms with Crippen LogP contribution in [0.3, 0.4) is 0 Å². The van der Waals surface area contributed by atoms with E-state index in [2.05, 4.69) is 9.97 Å². The number of benzene rings is 1. The molecule has 2 rings (SSSR count). The molecule has 13 heavy (non-hydrogen) atoms. The number of carbonyl (C=O) groups is 1. The van der Waals surface area contributed by atoms with Crippen LogP contribution in [0, 0.1) is 11.6 Å². The van der Waals surface area contributed by atoms with E-state index in [1.807, 2.05) is 0 Å². The summed E-state index contributed by atoms with van der Waals surface area (Å²) in [5.41, 5.74) is 0.156. The Morgan fingerprint density at radius 1 is 1.38 bits per heavy atom. The maximum absolute atomic E-state index is 13.0. The Balaban J connectivity index is 2.82. The van der Waals surface area contributed by atoms with Gasteiger partial charge in [0.2, 0.25) is 0 Å². The third kappa shape index (κ3) is 1.18. The van der Waals surface area contributed by atoms with Crippen molar-refractivity contribution in [3.05, 3.63) is 29.6 Å². The highest BCUT2D eigenvalue weighted by molar-refractivity contribution is 5.82. The molecule has 5 heteroatoms. The first kappa shape index (κ1) is 7.85. The van der Waals surface area contributed by atoms with Crippen molar-refractivity contribution in [1.82, 2.24) is 9.97 Å². The Bertz CT molecular complexity index is 478. The molecule has 0 aliphatic carbocycles. The number of fused-ring (bicyclic) bond motifs is 1. The average Bonchev–Trinajstić information content (AvgIpc) is 2.47. The maximum atomic E-state index is 13.0. The van der Waals surface area contributed by atoms with E-state index < -0.39 is 11.6 Å². The van der Waals surface area contributed by atoms with Crippen LogP contribution in [0.15, 0.2) is 12.1 Å². The van der Waals surface area contributed by atoms with Crippen molar-refractivity contribution < 1.29 is 13.6 Å². The molecule has 2 aromatic rings. The first-order valence-electron chi connectivity index (χ1n) is 3.50. The van der Waals surface area contributed by atoms with Crippen LogP contribution < -0.4 is 0 Å². The molecule has 1 N–H and O–H groups in total. The summed E-state index contributed by atoms with van der Waals surface area (Å²) in [6, 6.07) is 1.80. The van der Waals surface area contributed by atoms with Crippen molar-refractivity contribution in [1.29, 1.82) is 0 Å². The number of rotatable bonds is 1. The summed E-state index contributed by atoms with van der Waals surface area (Å²) in [5, 5.41) is 0. The van der Waals surface area contributed by atoms with Gasteiger partial charge >= 0.3 is 0 Å². The van der Waals surface area contributed by atoms with E-state index in [1.165, 1.54) is 0 Å². The summed E-state index contributed by atoms with van der Waals surface area (Å²) in [6.45, 7) is 0. The maximum Gasteiger partial charge on any atom is 0.185 e. The number of nitrogens with one attached hydrogen (secondary N) is 1. The lowest BCUT2D eigenvalue weighted by atomic mass is 10.3. The van der Waals surface area contributed by atoms with Crippen LogP contribution in [0.4, 0.5) is 8.78 Å². The van der Waals surface area contributed by atoms with E-state index >= 15 is 0 Å². The number of halogens is 2. The van der Waals surface area contributed by atoms with Crippen LogP contribution in [0.2, 0.25) is 0 Å². The molecule has 0 fully saturated rings. The SMILES string of the molecule is O=Cc1nc2c(F)cc(F)cc2[nH]1. The molecule has 0 amide bonds. The van der Waals surface area contributed by atoms with Crippen molar-refractivity contribution in [2.45, 2.75) is 0 Å². The van der Waals surface area contributed by atoms with E-state index in [4.69, 9.17) is 0 Å². The predicted octanol–water partition coefficient (Wildman–Crippen LogP) is 1.65. The number of aldehydes is 1. The van der Waals surface area contributed by atoms with Gasteiger partial charge in [-0.1, -0.05) is 0 Å². The highest BCUT2D eigenvalue weighted by Crippen LogP contribution is 2.16. The Hall–Kier alpha value is -1.78. The Kier molecular flexibility index (Phi) is 1.58. The summed E-state index contributed by atoms with van der Waals surface area (Å²) in [6.07, 6.45) is 0.442. The van der Waals surface area contributed by atoms with Gasteiger partial charge in [0, 0.05) is 6.07 Å². The lowest BCUT2D eigenvalue weighted by Crippen LogP contribution is -1.81. The molecule has 3 nitrogen and oxygen atoms in total. The summed E-state index contributed by atoms with van der Waals surface area (Å²) >= 11 is 0. The molecule has 0 saturated carbocycles. The second kappa shape index (κ2) is 2.62. The quantitative estimate of drug-likeness (QED) is 0.681. The minimum Gasteiger partial charge on any atom is -0.336 e.